The molecule has 5 nitrogen and oxygen atoms in total. The van der Waals surface area contributed by atoms with Crippen LogP contribution < -0.4 is 10.9 Å². The van der Waals surface area contributed by atoms with E-state index in [1.54, 1.807) is 0 Å². The van der Waals surface area contributed by atoms with E-state index in [9.17, 15) is 9.59 Å². The number of nitrogens with one attached hydrogen (secondary N) is 1. The van der Waals surface area contributed by atoms with Crippen LogP contribution in [0.5, 0.6) is 0 Å². The average Bonchev–Trinajstić information content (AvgIpc) is 2.73. The first-order valence-electron chi connectivity index (χ1n) is 5.27. The molecule has 1 N–H and O–H groups in total. The van der Waals surface area contributed by atoms with Crippen molar-refractivity contribution in [3.05, 3.63) is 27.6 Å². The molecule has 0 fully saturated rings. The minimum atomic E-state index is -0.301. The van der Waals surface area contributed by atoms with Gasteiger partial charge in [-0.2, -0.15) is 0 Å². The van der Waals surface area contributed by atoms with Crippen LogP contribution in [0.4, 0.5) is 0 Å². The van der Waals surface area contributed by atoms with Crippen LogP contribution in [0.1, 0.15) is 5.56 Å². The fourth-order valence-electron chi connectivity index (χ4n) is 1.53. The Bertz CT molecular complexity index is 693. The van der Waals surface area contributed by atoms with Gasteiger partial charge in [-0.15, -0.1) is 17.8 Å². The smallest absolute Gasteiger partial charge is 0.271 e. The number of terminal acetylenes is 1. The van der Waals surface area contributed by atoms with Crippen LogP contribution in [0.25, 0.3) is 10.2 Å². The molecule has 0 aliphatic heterocycles. The van der Waals surface area contributed by atoms with Crippen LogP contribution in [-0.2, 0) is 11.3 Å². The lowest BCUT2D eigenvalue weighted by Crippen LogP contribution is -2.32. The molecule has 0 aromatic carbocycles. The molecule has 0 saturated heterocycles. The van der Waals surface area contributed by atoms with E-state index in [4.69, 9.17) is 6.42 Å². The van der Waals surface area contributed by atoms with Crippen LogP contribution in [0.2, 0.25) is 0 Å². The van der Waals surface area contributed by atoms with Crippen molar-refractivity contribution in [1.82, 2.24) is 14.9 Å². The lowest BCUT2D eigenvalue weighted by molar-refractivity contribution is -0.121. The Morgan fingerprint density at radius 2 is 2.44 bits per heavy atom. The van der Waals surface area contributed by atoms with Gasteiger partial charge >= 0.3 is 0 Å². The van der Waals surface area contributed by atoms with Gasteiger partial charge in [0, 0.05) is 0 Å². The molecule has 0 saturated carbocycles. The number of aromatic nitrogens is 2. The van der Waals surface area contributed by atoms with Gasteiger partial charge in [0.2, 0.25) is 5.91 Å². The van der Waals surface area contributed by atoms with Gasteiger partial charge in [-0.3, -0.25) is 14.2 Å². The third-order valence-corrected chi connectivity index (χ3v) is 3.50. The minimum Gasteiger partial charge on any atom is -0.344 e. The normalized spacial score (nSPS) is 10.2. The number of amides is 1. The van der Waals surface area contributed by atoms with Gasteiger partial charge < -0.3 is 5.32 Å². The third-order valence-electron chi connectivity index (χ3n) is 2.43. The molecule has 6 heteroatoms. The van der Waals surface area contributed by atoms with Crippen molar-refractivity contribution >= 4 is 27.5 Å². The Morgan fingerprint density at radius 3 is 3.17 bits per heavy atom. The fraction of sp³-hybridized carbons (Fsp3) is 0.250. The molecular weight excluding hydrogens is 250 g/mol. The summed E-state index contributed by atoms with van der Waals surface area (Å²) in [7, 11) is 0. The first-order chi connectivity index (χ1) is 8.63. The number of hydrogen-bond acceptors (Lipinski definition) is 4. The first-order valence-corrected chi connectivity index (χ1v) is 6.15. The van der Waals surface area contributed by atoms with Gasteiger partial charge in [0.05, 0.1) is 18.4 Å². The lowest BCUT2D eigenvalue weighted by Gasteiger charge is -2.04. The number of nitrogens with zero attached hydrogens (tertiary/aromatic N) is 2. The van der Waals surface area contributed by atoms with Crippen LogP contribution in [-0.4, -0.2) is 22.0 Å². The summed E-state index contributed by atoms with van der Waals surface area (Å²) in [5.41, 5.74) is 1.47. The predicted molar refractivity (Wildman–Crippen MR) is 70.5 cm³/mol. The Kier molecular flexibility index (Phi) is 3.44. The van der Waals surface area contributed by atoms with Crippen LogP contribution in [0.15, 0.2) is 16.5 Å². The van der Waals surface area contributed by atoms with Crippen molar-refractivity contribution in [2.24, 2.45) is 0 Å². The summed E-state index contributed by atoms with van der Waals surface area (Å²) >= 11 is 1.34. The van der Waals surface area contributed by atoms with E-state index in [1.807, 2.05) is 12.3 Å². The summed E-state index contributed by atoms with van der Waals surface area (Å²) in [5.74, 6) is 2.00. The number of thiophene rings is 1. The molecule has 0 spiro atoms. The summed E-state index contributed by atoms with van der Waals surface area (Å²) in [4.78, 5) is 27.7. The van der Waals surface area contributed by atoms with Gasteiger partial charge in [-0.05, 0) is 17.9 Å². The number of fused-ring (bicyclic) bond motifs is 1. The van der Waals surface area contributed by atoms with Crippen molar-refractivity contribution < 1.29 is 4.79 Å². The zero-order valence-electron chi connectivity index (χ0n) is 9.77. The molecule has 2 aromatic heterocycles. The molecule has 0 aliphatic carbocycles. The summed E-state index contributed by atoms with van der Waals surface area (Å²) in [5, 5.41) is 4.38. The molecule has 0 bridgehead atoms. The molecule has 0 radical (unpaired) electrons. The molecule has 0 atom stereocenters. The van der Waals surface area contributed by atoms with Gasteiger partial charge in [0.15, 0.2) is 0 Å². The zero-order valence-corrected chi connectivity index (χ0v) is 10.6. The van der Waals surface area contributed by atoms with Crippen molar-refractivity contribution in [1.29, 1.82) is 0 Å². The fourth-order valence-corrected chi connectivity index (χ4v) is 2.48. The number of hydrogen-bond donors (Lipinski definition) is 1. The van der Waals surface area contributed by atoms with Crippen LogP contribution >= 0.6 is 11.3 Å². The maximum atomic E-state index is 12.1. The third kappa shape index (κ3) is 2.26. The monoisotopic (exact) mass is 261 g/mol. The van der Waals surface area contributed by atoms with E-state index >= 15 is 0 Å². The summed E-state index contributed by atoms with van der Waals surface area (Å²) in [6, 6.07) is 0. The molecule has 92 valence electrons. The quantitative estimate of drug-likeness (QED) is 0.819. The highest BCUT2D eigenvalue weighted by atomic mass is 32.1. The molecular formula is C12H11N3O2S. The Hall–Kier alpha value is -2.13. The highest BCUT2D eigenvalue weighted by Crippen LogP contribution is 2.19. The van der Waals surface area contributed by atoms with E-state index in [0.29, 0.717) is 10.2 Å². The van der Waals surface area contributed by atoms with Crippen molar-refractivity contribution in [2.45, 2.75) is 13.5 Å². The average molecular weight is 261 g/mol. The molecule has 18 heavy (non-hydrogen) atoms. The van der Waals surface area contributed by atoms with E-state index in [1.165, 1.54) is 22.2 Å². The summed E-state index contributed by atoms with van der Waals surface area (Å²) < 4.78 is 1.85. The topological polar surface area (TPSA) is 64.0 Å². The maximum Gasteiger partial charge on any atom is 0.271 e. The zero-order chi connectivity index (χ0) is 13.1. The van der Waals surface area contributed by atoms with E-state index < -0.39 is 0 Å². The Morgan fingerprint density at radius 1 is 1.67 bits per heavy atom. The highest BCUT2D eigenvalue weighted by molar-refractivity contribution is 7.17. The minimum absolute atomic E-state index is 0.0690. The van der Waals surface area contributed by atoms with E-state index in [2.05, 4.69) is 16.2 Å². The Balaban J connectivity index is 2.30. The number of carbonyl (C=O) groups excluding carboxylic acids is 1. The van der Waals surface area contributed by atoms with Gasteiger partial charge in [-0.25, -0.2) is 4.98 Å². The predicted octanol–water partition coefficient (Wildman–Crippen LogP) is 0.516. The van der Waals surface area contributed by atoms with Gasteiger partial charge in [0.25, 0.3) is 5.56 Å². The second-order valence-electron chi connectivity index (χ2n) is 3.75. The standard InChI is InChI=1S/C12H11N3O2S/c1-3-4-13-9(16)5-15-7-14-10-8(2)6-18-11(10)12(15)17/h1,6-7H,4-5H2,2H3,(H,13,16). The highest BCUT2D eigenvalue weighted by Gasteiger charge is 2.10. The summed E-state index contributed by atoms with van der Waals surface area (Å²) in [6.07, 6.45) is 6.42. The second kappa shape index (κ2) is 5.02. The molecule has 0 aliphatic rings. The van der Waals surface area contributed by atoms with Crippen LogP contribution in [0.3, 0.4) is 0 Å². The molecule has 0 unspecified atom stereocenters. The number of carbonyl (C=O) groups is 1. The molecule has 2 heterocycles. The van der Waals surface area contributed by atoms with Gasteiger partial charge in [-0.1, -0.05) is 5.92 Å². The first kappa shape index (κ1) is 12.3. The second-order valence-corrected chi connectivity index (χ2v) is 4.63. The van der Waals surface area contributed by atoms with Gasteiger partial charge in [0.1, 0.15) is 11.2 Å². The summed E-state index contributed by atoms with van der Waals surface area (Å²) in [6.45, 7) is 1.98. The van der Waals surface area contributed by atoms with Crippen LogP contribution in [0, 0.1) is 19.3 Å². The van der Waals surface area contributed by atoms with Crippen molar-refractivity contribution in [3.63, 3.8) is 0 Å². The SMILES string of the molecule is C#CCNC(=O)Cn1cnc2c(C)csc2c1=O. The largest absolute Gasteiger partial charge is 0.344 e. The van der Waals surface area contributed by atoms with Crippen molar-refractivity contribution in [3.8, 4) is 12.3 Å². The Labute approximate surface area is 107 Å². The number of aryl methyl sites for hydroxylation is 1. The van der Waals surface area contributed by atoms with E-state index in [-0.39, 0.29) is 24.6 Å². The molecule has 2 rings (SSSR count). The van der Waals surface area contributed by atoms with E-state index in [0.717, 1.165) is 5.56 Å². The number of rotatable bonds is 3. The lowest BCUT2D eigenvalue weighted by atomic mass is 10.3. The maximum absolute atomic E-state index is 12.1. The molecule has 2 aromatic rings. The molecule has 1 amide bonds. The van der Waals surface area contributed by atoms with Crippen molar-refractivity contribution in [2.75, 3.05) is 6.54 Å².